The van der Waals surface area contributed by atoms with Crippen LogP contribution in [0.1, 0.15) is 13.3 Å². The minimum Gasteiger partial charge on any atom is -0.147 e. The predicted octanol–water partition coefficient (Wildman–Crippen LogP) is 6.22. The van der Waals surface area contributed by atoms with E-state index in [2.05, 4.69) is 116 Å². The molecule has 0 N–H and O–H groups in total. The van der Waals surface area contributed by atoms with Gasteiger partial charge in [-0.1, -0.05) is 91.0 Å². The number of allylic oxidation sites excluding steroid dienone is 4. The number of hydrogen-bond acceptors (Lipinski definition) is 0. The van der Waals surface area contributed by atoms with Crippen molar-refractivity contribution in [3.05, 3.63) is 114 Å². The summed E-state index contributed by atoms with van der Waals surface area (Å²) in [6.45, 7) is 2.19. The Balaban J connectivity index is 0.000000264. The summed E-state index contributed by atoms with van der Waals surface area (Å²) >= 11 is 1.77. The van der Waals surface area contributed by atoms with E-state index in [4.69, 9.17) is 0 Å². The molecule has 0 nitrogen and oxygen atoms in total. The van der Waals surface area contributed by atoms with Gasteiger partial charge in [-0.15, -0.1) is 12.4 Å². The zero-order valence-electron chi connectivity index (χ0n) is 16.0. The second-order valence-corrected chi connectivity index (χ2v) is 9.79. The maximum absolute atomic E-state index is 2.23. The molecule has 1 aliphatic rings. The van der Waals surface area contributed by atoms with Gasteiger partial charge in [-0.25, -0.2) is 0 Å². The van der Waals surface area contributed by atoms with Crippen molar-refractivity contribution in [3.8, 4) is 0 Å². The molecule has 0 aromatic heterocycles. The van der Waals surface area contributed by atoms with Crippen LogP contribution in [0.15, 0.2) is 114 Å². The topological polar surface area (TPSA) is 0 Å². The molecule has 0 saturated heterocycles. The summed E-state index contributed by atoms with van der Waals surface area (Å²) in [6.07, 6.45) is 7.70. The van der Waals surface area contributed by atoms with E-state index in [0.29, 0.717) is 0 Å². The van der Waals surface area contributed by atoms with E-state index < -0.39 is 7.92 Å². The van der Waals surface area contributed by atoms with E-state index in [1.54, 1.807) is 14.4 Å². The molecular formula is C25H26ClNiP. The van der Waals surface area contributed by atoms with Gasteiger partial charge in [0.15, 0.2) is 0 Å². The van der Waals surface area contributed by atoms with Crippen molar-refractivity contribution in [3.63, 3.8) is 0 Å². The molecule has 0 bridgehead atoms. The number of hydrogen-bond donors (Lipinski definition) is 0. The molecule has 28 heavy (non-hydrogen) atoms. The zero-order chi connectivity index (χ0) is 18.7. The monoisotopic (exact) mass is 450 g/mol. The molecule has 148 valence electrons. The van der Waals surface area contributed by atoms with Gasteiger partial charge in [0.1, 0.15) is 0 Å². The first-order chi connectivity index (χ1) is 13.4. The Morgan fingerprint density at radius 2 is 1.14 bits per heavy atom. The first-order valence-electron chi connectivity index (χ1n) is 9.21. The molecule has 0 atom stereocenters. The normalized spacial score (nSPS) is 12.1. The van der Waals surface area contributed by atoms with E-state index in [-0.39, 0.29) is 12.4 Å². The minimum atomic E-state index is -0.446. The van der Waals surface area contributed by atoms with Crippen LogP contribution in [0.2, 0.25) is 5.39 Å². The Hall–Kier alpha value is -1.65. The molecule has 3 aromatic carbocycles. The molecule has 1 aliphatic carbocycles. The molecule has 0 fully saturated rings. The fourth-order valence-corrected chi connectivity index (χ4v) is 6.04. The predicted molar refractivity (Wildman–Crippen MR) is 125 cm³/mol. The van der Waals surface area contributed by atoms with E-state index in [1.807, 2.05) is 0 Å². The summed E-state index contributed by atoms with van der Waals surface area (Å²) in [6, 6.07) is 32.3. The molecular weight excluding hydrogens is 425 g/mol. The molecule has 0 heterocycles. The Morgan fingerprint density at radius 3 is 1.46 bits per heavy atom. The maximum atomic E-state index is 2.23. The molecule has 3 aromatic rings. The third kappa shape index (κ3) is 6.75. The van der Waals surface area contributed by atoms with Gasteiger partial charge >= 0.3 is 55.9 Å². The van der Waals surface area contributed by atoms with Crippen LogP contribution in [0.3, 0.4) is 0 Å². The summed E-state index contributed by atoms with van der Waals surface area (Å²) in [5, 5.41) is 5.42. The van der Waals surface area contributed by atoms with Crippen molar-refractivity contribution >= 4 is 36.2 Å². The standard InChI is InChI=1S/C18H15P.C5H5.C2H5.ClH.Ni/c1-4-10-16(11-5-1)19(17-12-6-2-7-13-17)18-14-8-3-9-15-18;1-2-4-5-3-1;1-2;;/h1-15H;1-3H,4H2;1H2,2H3;1H;. The van der Waals surface area contributed by atoms with Gasteiger partial charge in [-0.05, 0) is 23.8 Å². The van der Waals surface area contributed by atoms with Gasteiger partial charge in [0.05, 0.1) is 0 Å². The average molecular weight is 452 g/mol. The van der Waals surface area contributed by atoms with Gasteiger partial charge in [0.25, 0.3) is 0 Å². The summed E-state index contributed by atoms with van der Waals surface area (Å²) in [5.74, 6) is 0. The fourth-order valence-electron chi connectivity index (χ4n) is 2.81. The van der Waals surface area contributed by atoms with Crippen molar-refractivity contribution < 1.29 is 14.4 Å². The number of halogens is 1. The third-order valence-corrected chi connectivity index (χ3v) is 7.61. The van der Waals surface area contributed by atoms with Gasteiger partial charge in [0, 0.05) is 0 Å². The van der Waals surface area contributed by atoms with Crippen LogP contribution in [0.25, 0.3) is 0 Å². The second kappa shape index (κ2) is 12.7. The molecule has 0 spiro atoms. The first kappa shape index (κ1) is 22.6. The molecule has 0 radical (unpaired) electrons. The van der Waals surface area contributed by atoms with Gasteiger partial charge in [-0.3, -0.25) is 0 Å². The number of benzene rings is 3. The molecule has 3 heteroatoms. The summed E-state index contributed by atoms with van der Waals surface area (Å²) in [4.78, 5) is 0. The first-order valence-corrected chi connectivity index (χ1v) is 11.7. The smallest absolute Gasteiger partial charge is 0.0134 e. The van der Waals surface area contributed by atoms with Crippen molar-refractivity contribution in [2.24, 2.45) is 0 Å². The van der Waals surface area contributed by atoms with Crippen molar-refractivity contribution in [2.75, 3.05) is 0 Å². The molecule has 4 rings (SSSR count). The third-order valence-electron chi connectivity index (χ3n) is 4.00. The van der Waals surface area contributed by atoms with Crippen molar-refractivity contribution in [1.82, 2.24) is 0 Å². The van der Waals surface area contributed by atoms with Crippen LogP contribution in [0.4, 0.5) is 0 Å². The van der Waals surface area contributed by atoms with E-state index in [1.165, 1.54) is 32.3 Å². The molecule has 0 aliphatic heterocycles. The maximum Gasteiger partial charge on any atom is -0.0134 e. The molecule has 0 saturated carbocycles. The van der Waals surface area contributed by atoms with Crippen molar-refractivity contribution in [1.29, 1.82) is 0 Å². The largest absolute Gasteiger partial charge is 0.147 e. The van der Waals surface area contributed by atoms with E-state index in [9.17, 15) is 0 Å². The molecule has 0 amide bonds. The van der Waals surface area contributed by atoms with E-state index >= 15 is 0 Å². The van der Waals surface area contributed by atoms with Crippen LogP contribution in [0.5, 0.6) is 0 Å². The summed E-state index contributed by atoms with van der Waals surface area (Å²) in [5.41, 5.74) is 0. The Labute approximate surface area is 182 Å². The van der Waals surface area contributed by atoms with Gasteiger partial charge < -0.3 is 0 Å². The number of rotatable bonds is 5. The summed E-state index contributed by atoms with van der Waals surface area (Å²) < 4.78 is 1.53. The average Bonchev–Trinajstić information content (AvgIpc) is 3.25. The van der Waals surface area contributed by atoms with E-state index in [0.717, 1.165) is 0 Å². The van der Waals surface area contributed by atoms with Crippen LogP contribution < -0.4 is 15.9 Å². The van der Waals surface area contributed by atoms with Crippen molar-refractivity contribution in [2.45, 2.75) is 18.7 Å². The Morgan fingerprint density at radius 1 is 0.714 bits per heavy atom. The van der Waals surface area contributed by atoms with Crippen LogP contribution >= 0.6 is 20.3 Å². The molecule has 0 unspecified atom stereocenters. The van der Waals surface area contributed by atoms with Crippen LogP contribution in [-0.4, -0.2) is 0 Å². The van der Waals surface area contributed by atoms with Gasteiger partial charge in [-0.2, -0.15) is 0 Å². The summed E-state index contributed by atoms with van der Waals surface area (Å²) in [7, 11) is -0.446. The van der Waals surface area contributed by atoms with Gasteiger partial charge in [0.2, 0.25) is 0 Å². The Kier molecular flexibility index (Phi) is 10.3. The van der Waals surface area contributed by atoms with Crippen LogP contribution in [-0.2, 0) is 14.4 Å². The minimum absolute atomic E-state index is 0. The quantitative estimate of drug-likeness (QED) is 0.319. The second-order valence-electron chi connectivity index (χ2n) is 5.88. The fraction of sp³-hybridized carbons (Fsp3) is 0.120. The van der Waals surface area contributed by atoms with Crippen LogP contribution in [0, 0.1) is 0 Å². The zero-order valence-corrected chi connectivity index (χ0v) is 18.7. The SMILES string of the molecule is C[CH2][Ni][C]1=CC=CC1.Cl.c1ccc(P(c2ccccc2)c2ccccc2)cc1. The Bertz CT molecular complexity index is 767.